The minimum Gasteiger partial charge on any atom is -0.288 e. The summed E-state index contributed by atoms with van der Waals surface area (Å²) in [6, 6.07) is 7.43. The normalized spacial score (nSPS) is 10.7. The molecule has 0 aliphatic heterocycles. The zero-order valence-corrected chi connectivity index (χ0v) is 13.6. The van der Waals surface area contributed by atoms with Crippen molar-refractivity contribution in [3.05, 3.63) is 58.1 Å². The Morgan fingerprint density at radius 2 is 2.13 bits per heavy atom. The monoisotopic (exact) mass is 350 g/mol. The Bertz CT molecular complexity index is 857. The topological polar surface area (TPSA) is 77.6 Å². The number of amides is 1. The number of hydrogen-bond donors (Lipinski definition) is 1. The van der Waals surface area contributed by atoms with Gasteiger partial charge in [-0.25, -0.2) is 9.67 Å². The van der Waals surface area contributed by atoms with Crippen LogP contribution in [-0.2, 0) is 13.6 Å². The molecule has 3 aromatic rings. The van der Waals surface area contributed by atoms with E-state index in [9.17, 15) is 4.79 Å². The number of anilines is 1. The van der Waals surface area contributed by atoms with Crippen molar-refractivity contribution in [2.45, 2.75) is 6.54 Å². The Labute approximate surface area is 141 Å². The zero-order valence-electron chi connectivity index (χ0n) is 12.1. The Morgan fingerprint density at radius 1 is 1.30 bits per heavy atom. The van der Waals surface area contributed by atoms with Crippen LogP contribution in [-0.4, -0.2) is 30.5 Å². The van der Waals surface area contributed by atoms with Crippen LogP contribution in [0.15, 0.2) is 36.8 Å². The third-order valence-corrected chi connectivity index (χ3v) is 3.51. The maximum Gasteiger partial charge on any atom is 0.280 e. The van der Waals surface area contributed by atoms with Gasteiger partial charge in [-0.3, -0.25) is 14.8 Å². The van der Waals surface area contributed by atoms with Gasteiger partial charge in [0.05, 0.1) is 11.6 Å². The first-order chi connectivity index (χ1) is 11.0. The van der Waals surface area contributed by atoms with E-state index < -0.39 is 5.91 Å². The molecule has 9 heteroatoms. The molecule has 0 aliphatic rings. The second kappa shape index (κ2) is 6.39. The van der Waals surface area contributed by atoms with Crippen molar-refractivity contribution < 1.29 is 4.79 Å². The number of nitrogens with one attached hydrogen (secondary N) is 1. The highest BCUT2D eigenvalue weighted by Crippen LogP contribution is 2.15. The van der Waals surface area contributed by atoms with Gasteiger partial charge in [-0.1, -0.05) is 35.3 Å². The molecular weight excluding hydrogens is 339 g/mol. The summed E-state index contributed by atoms with van der Waals surface area (Å²) in [6.07, 6.45) is 3.07. The molecule has 2 aromatic heterocycles. The van der Waals surface area contributed by atoms with E-state index in [2.05, 4.69) is 20.5 Å². The minimum absolute atomic E-state index is 0.125. The predicted octanol–water partition coefficient (Wildman–Crippen LogP) is 2.62. The van der Waals surface area contributed by atoms with E-state index in [-0.39, 0.29) is 16.7 Å². The lowest BCUT2D eigenvalue weighted by Crippen LogP contribution is -2.15. The molecule has 0 bridgehead atoms. The molecular formula is C14H12Cl2N6O. The molecule has 0 atom stereocenters. The van der Waals surface area contributed by atoms with Crippen molar-refractivity contribution >= 4 is 35.1 Å². The molecule has 0 fully saturated rings. The van der Waals surface area contributed by atoms with Crippen molar-refractivity contribution in [3.63, 3.8) is 0 Å². The summed E-state index contributed by atoms with van der Waals surface area (Å²) in [5.41, 5.74) is 1.11. The quantitative estimate of drug-likeness (QED) is 0.784. The van der Waals surface area contributed by atoms with Crippen LogP contribution in [0.5, 0.6) is 0 Å². The van der Waals surface area contributed by atoms with Crippen LogP contribution in [0, 0.1) is 0 Å². The van der Waals surface area contributed by atoms with Gasteiger partial charge in [0.15, 0.2) is 5.69 Å². The van der Waals surface area contributed by atoms with E-state index >= 15 is 0 Å². The third-order valence-electron chi connectivity index (χ3n) is 2.99. The average Bonchev–Trinajstić information content (AvgIpc) is 3.05. The molecule has 23 heavy (non-hydrogen) atoms. The first-order valence-electron chi connectivity index (χ1n) is 6.65. The summed E-state index contributed by atoms with van der Waals surface area (Å²) < 4.78 is 3.06. The van der Waals surface area contributed by atoms with E-state index in [1.54, 1.807) is 24.0 Å². The molecule has 2 heterocycles. The number of carbonyl (C=O) groups excluding carboxylic acids is 1. The van der Waals surface area contributed by atoms with Crippen LogP contribution < -0.4 is 5.32 Å². The second-order valence-electron chi connectivity index (χ2n) is 4.85. The molecule has 118 valence electrons. The number of hydrogen-bond acceptors (Lipinski definition) is 4. The highest BCUT2D eigenvalue weighted by molar-refractivity contribution is 6.34. The minimum atomic E-state index is -0.462. The Hall–Kier alpha value is -2.38. The summed E-state index contributed by atoms with van der Waals surface area (Å²) >= 11 is 11.9. The summed E-state index contributed by atoms with van der Waals surface area (Å²) in [5.74, 6) is -0.283. The Morgan fingerprint density at radius 3 is 2.83 bits per heavy atom. The van der Waals surface area contributed by atoms with Gasteiger partial charge in [0, 0.05) is 18.3 Å². The summed E-state index contributed by atoms with van der Waals surface area (Å²) in [7, 11) is 1.68. The van der Waals surface area contributed by atoms with Crippen molar-refractivity contribution in [3.8, 4) is 0 Å². The average molecular weight is 351 g/mol. The lowest BCUT2D eigenvalue weighted by Gasteiger charge is -2.01. The SMILES string of the molecule is Cn1cc(Cl)c(C(=O)Nc2ncn(Cc3cccc(Cl)c3)n2)n1. The van der Waals surface area contributed by atoms with Gasteiger partial charge in [0.1, 0.15) is 6.33 Å². The highest BCUT2D eigenvalue weighted by Gasteiger charge is 2.16. The molecule has 0 saturated carbocycles. The first-order valence-corrected chi connectivity index (χ1v) is 7.41. The number of carbonyl (C=O) groups is 1. The van der Waals surface area contributed by atoms with Crippen LogP contribution in [0.2, 0.25) is 10.0 Å². The molecule has 0 unspecified atom stereocenters. The van der Waals surface area contributed by atoms with Crippen LogP contribution in [0.4, 0.5) is 5.95 Å². The fourth-order valence-electron chi connectivity index (χ4n) is 2.02. The molecule has 1 amide bonds. The fraction of sp³-hybridized carbons (Fsp3) is 0.143. The molecule has 0 saturated heterocycles. The molecule has 7 nitrogen and oxygen atoms in total. The van der Waals surface area contributed by atoms with Crippen molar-refractivity contribution in [1.29, 1.82) is 0 Å². The number of rotatable bonds is 4. The lowest BCUT2D eigenvalue weighted by atomic mass is 10.2. The van der Waals surface area contributed by atoms with Gasteiger partial charge < -0.3 is 0 Å². The number of halogens is 2. The smallest absolute Gasteiger partial charge is 0.280 e. The van der Waals surface area contributed by atoms with E-state index in [1.165, 1.54) is 11.0 Å². The second-order valence-corrected chi connectivity index (χ2v) is 5.69. The van der Waals surface area contributed by atoms with Crippen molar-refractivity contribution in [2.24, 2.45) is 7.05 Å². The highest BCUT2D eigenvalue weighted by atomic mass is 35.5. The molecule has 1 aromatic carbocycles. The summed E-state index contributed by atoms with van der Waals surface area (Å²) in [6.45, 7) is 0.494. The standard InChI is InChI=1S/C14H12Cl2N6O/c1-21-7-11(16)12(19-21)13(23)18-14-17-8-22(20-14)6-9-3-2-4-10(15)5-9/h2-5,7-8H,6H2,1H3,(H,18,20,23). The predicted molar refractivity (Wildman–Crippen MR) is 86.7 cm³/mol. The fourth-order valence-corrected chi connectivity index (χ4v) is 2.50. The molecule has 3 rings (SSSR count). The number of aryl methyl sites for hydroxylation is 1. The largest absolute Gasteiger partial charge is 0.288 e. The van der Waals surface area contributed by atoms with Gasteiger partial charge in [-0.05, 0) is 17.7 Å². The van der Waals surface area contributed by atoms with Gasteiger partial charge in [0.25, 0.3) is 5.91 Å². The maximum absolute atomic E-state index is 12.1. The zero-order chi connectivity index (χ0) is 16.4. The molecule has 0 spiro atoms. The summed E-state index contributed by atoms with van der Waals surface area (Å²) in [4.78, 5) is 16.1. The van der Waals surface area contributed by atoms with Gasteiger partial charge in [-0.15, -0.1) is 5.10 Å². The van der Waals surface area contributed by atoms with E-state index in [0.29, 0.717) is 11.6 Å². The molecule has 0 radical (unpaired) electrons. The van der Waals surface area contributed by atoms with E-state index in [0.717, 1.165) is 5.56 Å². The van der Waals surface area contributed by atoms with Crippen molar-refractivity contribution in [1.82, 2.24) is 24.5 Å². The number of aromatic nitrogens is 5. The first kappa shape index (κ1) is 15.5. The Balaban J connectivity index is 1.70. The van der Waals surface area contributed by atoms with Crippen LogP contribution >= 0.6 is 23.2 Å². The van der Waals surface area contributed by atoms with Crippen LogP contribution in [0.3, 0.4) is 0 Å². The number of benzene rings is 1. The van der Waals surface area contributed by atoms with Gasteiger partial charge >= 0.3 is 0 Å². The van der Waals surface area contributed by atoms with Crippen LogP contribution in [0.25, 0.3) is 0 Å². The van der Waals surface area contributed by atoms with Gasteiger partial charge in [-0.2, -0.15) is 5.10 Å². The van der Waals surface area contributed by atoms with Crippen molar-refractivity contribution in [2.75, 3.05) is 5.32 Å². The van der Waals surface area contributed by atoms with Gasteiger partial charge in [0.2, 0.25) is 5.95 Å². The Kier molecular flexibility index (Phi) is 4.31. The third kappa shape index (κ3) is 3.69. The van der Waals surface area contributed by atoms with E-state index in [4.69, 9.17) is 23.2 Å². The van der Waals surface area contributed by atoms with E-state index in [1.807, 2.05) is 18.2 Å². The number of nitrogens with zero attached hydrogens (tertiary/aromatic N) is 5. The van der Waals surface area contributed by atoms with Crippen LogP contribution in [0.1, 0.15) is 16.1 Å². The maximum atomic E-state index is 12.1. The lowest BCUT2D eigenvalue weighted by molar-refractivity contribution is 0.102. The molecule has 1 N–H and O–H groups in total. The summed E-state index contributed by atoms with van der Waals surface area (Å²) in [5, 5.41) is 11.7. The molecule has 0 aliphatic carbocycles.